The molecule has 1 fully saturated rings. The Balaban J connectivity index is 1.53. The third kappa shape index (κ3) is 5.46. The molecule has 3 atom stereocenters. The molecule has 10 heteroatoms. The highest BCUT2D eigenvalue weighted by molar-refractivity contribution is 14.1. The molecule has 3 aromatic carbocycles. The van der Waals surface area contributed by atoms with Gasteiger partial charge in [-0.05, 0) is 71.0 Å². The van der Waals surface area contributed by atoms with Crippen LogP contribution in [0.5, 0.6) is 5.75 Å². The van der Waals surface area contributed by atoms with E-state index in [0.29, 0.717) is 34.1 Å². The van der Waals surface area contributed by atoms with E-state index in [0.717, 1.165) is 9.13 Å². The van der Waals surface area contributed by atoms with Crippen molar-refractivity contribution in [3.8, 4) is 17.0 Å². The summed E-state index contributed by atoms with van der Waals surface area (Å²) in [5.41, 5.74) is 2.93. The second-order valence-electron chi connectivity index (χ2n) is 9.58. The zero-order valence-electron chi connectivity index (χ0n) is 21.9. The van der Waals surface area contributed by atoms with E-state index in [9.17, 15) is 14.0 Å². The van der Waals surface area contributed by atoms with Crippen LogP contribution in [0.15, 0.2) is 72.8 Å². The lowest BCUT2D eigenvalue weighted by molar-refractivity contribution is -0.129. The summed E-state index contributed by atoms with van der Waals surface area (Å²) in [6.45, 7) is 3.75. The number of hydrogen-bond acceptors (Lipinski definition) is 5. The largest absolute Gasteiger partial charge is 0.491 e. The summed E-state index contributed by atoms with van der Waals surface area (Å²) < 4.78 is 21.1. The Labute approximate surface area is 244 Å². The van der Waals surface area contributed by atoms with Crippen LogP contribution in [-0.4, -0.2) is 45.1 Å². The van der Waals surface area contributed by atoms with Crippen LogP contribution in [0.4, 0.5) is 9.18 Å². The van der Waals surface area contributed by atoms with Gasteiger partial charge in [0.25, 0.3) is 5.91 Å². The Kier molecular flexibility index (Phi) is 8.17. The van der Waals surface area contributed by atoms with Gasteiger partial charge in [0, 0.05) is 15.1 Å². The summed E-state index contributed by atoms with van der Waals surface area (Å²) in [5, 5.41) is 11.8. The SMILES string of the molecule is Cc1nc([C@H]([C@H](C)c2ccccc2)N2C(=O)N[C@H](c3ccc(OCCO)cc3)C2=O)[nH]c1-c1ccc(I)cc1F. The lowest BCUT2D eigenvalue weighted by atomic mass is 9.91. The molecule has 1 saturated heterocycles. The Bertz CT molecular complexity index is 1530. The number of benzene rings is 3. The van der Waals surface area contributed by atoms with Crippen molar-refractivity contribution in [2.45, 2.75) is 31.8 Å². The zero-order valence-corrected chi connectivity index (χ0v) is 24.1. The molecule has 0 unspecified atom stereocenters. The number of imidazole rings is 1. The number of carbonyl (C=O) groups excluding carboxylic acids is 2. The Morgan fingerprint density at radius 2 is 1.82 bits per heavy atom. The fourth-order valence-electron chi connectivity index (χ4n) is 5.00. The van der Waals surface area contributed by atoms with E-state index in [2.05, 4.69) is 32.9 Å². The van der Waals surface area contributed by atoms with E-state index >= 15 is 0 Å². The van der Waals surface area contributed by atoms with Crippen LogP contribution in [0.2, 0.25) is 0 Å². The topological polar surface area (TPSA) is 108 Å². The minimum Gasteiger partial charge on any atom is -0.491 e. The molecule has 0 spiro atoms. The Hall–Kier alpha value is -3.77. The van der Waals surface area contributed by atoms with Crippen LogP contribution >= 0.6 is 22.6 Å². The van der Waals surface area contributed by atoms with E-state index in [1.807, 2.05) is 43.3 Å². The van der Waals surface area contributed by atoms with Crippen molar-refractivity contribution < 1.29 is 23.8 Å². The van der Waals surface area contributed by atoms with Crippen molar-refractivity contribution in [1.29, 1.82) is 0 Å². The number of hydrogen-bond donors (Lipinski definition) is 3. The fourth-order valence-corrected chi connectivity index (χ4v) is 5.46. The molecular weight excluding hydrogens is 626 g/mol. The van der Waals surface area contributed by atoms with Crippen molar-refractivity contribution in [3.05, 3.63) is 105 Å². The summed E-state index contributed by atoms with van der Waals surface area (Å²) >= 11 is 2.05. The van der Waals surface area contributed by atoms with Crippen LogP contribution in [0, 0.1) is 16.3 Å². The molecule has 0 bridgehead atoms. The lowest BCUT2D eigenvalue weighted by Crippen LogP contribution is -2.38. The van der Waals surface area contributed by atoms with Crippen molar-refractivity contribution in [2.24, 2.45) is 0 Å². The van der Waals surface area contributed by atoms with Crippen LogP contribution in [0.25, 0.3) is 11.3 Å². The summed E-state index contributed by atoms with van der Waals surface area (Å²) in [6.07, 6.45) is 0. The van der Waals surface area contributed by atoms with Gasteiger partial charge < -0.3 is 20.1 Å². The molecule has 3 amide bonds. The number of carbonyl (C=O) groups is 2. The second kappa shape index (κ2) is 11.8. The minimum absolute atomic E-state index is 0.112. The molecule has 1 aliphatic heterocycles. The number of aromatic amines is 1. The predicted octanol–water partition coefficient (Wildman–Crippen LogP) is 5.64. The first-order valence-corrected chi connectivity index (χ1v) is 13.9. The van der Waals surface area contributed by atoms with Crippen molar-refractivity contribution >= 4 is 34.5 Å². The van der Waals surface area contributed by atoms with E-state index < -0.39 is 24.0 Å². The van der Waals surface area contributed by atoms with E-state index in [1.54, 1.807) is 37.3 Å². The van der Waals surface area contributed by atoms with Gasteiger partial charge in [-0.3, -0.25) is 9.69 Å². The average molecular weight is 654 g/mol. The third-order valence-corrected chi connectivity index (χ3v) is 7.68. The number of urea groups is 1. The lowest BCUT2D eigenvalue weighted by Gasteiger charge is -2.29. The smallest absolute Gasteiger partial charge is 0.325 e. The molecule has 3 N–H and O–H groups in total. The van der Waals surface area contributed by atoms with Gasteiger partial charge in [-0.2, -0.15) is 0 Å². The van der Waals surface area contributed by atoms with Gasteiger partial charge in [0.1, 0.15) is 36.1 Å². The monoisotopic (exact) mass is 654 g/mol. The molecule has 4 aromatic rings. The van der Waals surface area contributed by atoms with E-state index in [4.69, 9.17) is 14.8 Å². The summed E-state index contributed by atoms with van der Waals surface area (Å²) in [7, 11) is 0. The molecule has 0 aliphatic carbocycles. The van der Waals surface area contributed by atoms with Crippen LogP contribution in [0.1, 0.15) is 47.6 Å². The number of H-pyrrole nitrogens is 1. The maximum absolute atomic E-state index is 14.9. The number of rotatable bonds is 9. The molecule has 5 rings (SSSR count). The molecule has 0 saturated carbocycles. The third-order valence-electron chi connectivity index (χ3n) is 7.01. The molecule has 8 nitrogen and oxygen atoms in total. The van der Waals surface area contributed by atoms with Crippen molar-refractivity contribution in [3.63, 3.8) is 0 Å². The molecule has 0 radical (unpaired) electrons. The number of ether oxygens (including phenoxy) is 1. The van der Waals surface area contributed by atoms with Crippen LogP contribution in [-0.2, 0) is 4.79 Å². The van der Waals surface area contributed by atoms with Gasteiger partial charge in [0.05, 0.1) is 18.0 Å². The second-order valence-corrected chi connectivity index (χ2v) is 10.8. The first kappa shape index (κ1) is 27.8. The summed E-state index contributed by atoms with van der Waals surface area (Å²) in [5.74, 6) is -0.205. The number of halogens is 2. The van der Waals surface area contributed by atoms with E-state index in [-0.39, 0.29) is 24.9 Å². The minimum atomic E-state index is -0.894. The maximum Gasteiger partial charge on any atom is 0.325 e. The number of amides is 3. The van der Waals surface area contributed by atoms with Crippen LogP contribution in [0.3, 0.4) is 0 Å². The molecule has 1 aliphatic rings. The van der Waals surface area contributed by atoms with Crippen molar-refractivity contribution in [2.75, 3.05) is 13.2 Å². The van der Waals surface area contributed by atoms with Gasteiger partial charge in [0.15, 0.2) is 0 Å². The van der Waals surface area contributed by atoms with Gasteiger partial charge in [-0.25, -0.2) is 14.2 Å². The fraction of sp³-hybridized carbons (Fsp3) is 0.233. The molecular formula is C30H28FIN4O4. The molecule has 1 aromatic heterocycles. The Morgan fingerprint density at radius 3 is 2.50 bits per heavy atom. The normalized spacial score (nSPS) is 16.6. The number of nitrogens with zero attached hydrogens (tertiary/aromatic N) is 2. The number of aliphatic hydroxyl groups is 1. The average Bonchev–Trinajstić information content (AvgIpc) is 3.47. The predicted molar refractivity (Wildman–Crippen MR) is 156 cm³/mol. The van der Waals surface area contributed by atoms with Crippen molar-refractivity contribution in [1.82, 2.24) is 20.2 Å². The quantitative estimate of drug-likeness (QED) is 0.160. The molecule has 206 valence electrons. The summed E-state index contributed by atoms with van der Waals surface area (Å²) in [4.78, 5) is 36.4. The first-order chi connectivity index (χ1) is 19.3. The standard InChI is InChI=1S/C30H28FIN4O4/c1-17(19-6-4-3-5-7-19)27(28-33-18(2)25(34-28)23-13-10-21(32)16-24(23)31)36-29(38)26(35-30(36)39)20-8-11-22(12-9-20)40-15-14-37/h3-13,16-17,26-27,37H,14-15H2,1-2H3,(H,33,34)(H,35,39)/t17-,26-,27+/m1/s1. The Morgan fingerprint density at radius 1 is 1.10 bits per heavy atom. The highest BCUT2D eigenvalue weighted by atomic mass is 127. The van der Waals surface area contributed by atoms with E-state index in [1.165, 1.54) is 11.0 Å². The zero-order chi connectivity index (χ0) is 28.4. The molecule has 40 heavy (non-hydrogen) atoms. The number of aryl methyl sites for hydroxylation is 1. The highest BCUT2D eigenvalue weighted by Gasteiger charge is 2.46. The number of imide groups is 1. The van der Waals surface area contributed by atoms with Crippen LogP contribution < -0.4 is 10.1 Å². The van der Waals surface area contributed by atoms with Gasteiger partial charge in [-0.15, -0.1) is 0 Å². The summed E-state index contributed by atoms with van der Waals surface area (Å²) in [6, 6.07) is 19.1. The number of aromatic nitrogens is 2. The van der Waals surface area contributed by atoms with Gasteiger partial charge in [-0.1, -0.05) is 49.4 Å². The number of nitrogens with one attached hydrogen (secondary N) is 2. The molecule has 2 heterocycles. The maximum atomic E-state index is 14.9. The first-order valence-electron chi connectivity index (χ1n) is 12.8. The van der Waals surface area contributed by atoms with Gasteiger partial charge >= 0.3 is 6.03 Å². The number of aliphatic hydroxyl groups excluding tert-OH is 1. The van der Waals surface area contributed by atoms with Gasteiger partial charge in [0.2, 0.25) is 0 Å². The highest BCUT2D eigenvalue weighted by Crippen LogP contribution is 2.40.